The van der Waals surface area contributed by atoms with Gasteiger partial charge in [0, 0.05) is 61.0 Å². The highest BCUT2D eigenvalue weighted by Crippen LogP contribution is 2.46. The maximum Gasteiger partial charge on any atom is 0.419 e. The van der Waals surface area contributed by atoms with Crippen LogP contribution in [0, 0.1) is 5.41 Å². The van der Waals surface area contributed by atoms with E-state index in [0.29, 0.717) is 29.8 Å². The van der Waals surface area contributed by atoms with Crippen LogP contribution >= 0.6 is 0 Å². The summed E-state index contributed by atoms with van der Waals surface area (Å²) in [5.74, 6) is 0.992. The maximum atomic E-state index is 13.9. The summed E-state index contributed by atoms with van der Waals surface area (Å²) in [6.07, 6.45) is -0.0894. The Bertz CT molecular complexity index is 1180. The van der Waals surface area contributed by atoms with Crippen LogP contribution < -0.4 is 15.5 Å². The number of fused-ring (bicyclic) bond motifs is 1. The van der Waals surface area contributed by atoms with Crippen LogP contribution in [0.4, 0.5) is 24.9 Å². The highest BCUT2D eigenvalue weighted by molar-refractivity contribution is 5.94. The summed E-state index contributed by atoms with van der Waals surface area (Å²) in [6.45, 7) is 4.53. The van der Waals surface area contributed by atoms with Crippen molar-refractivity contribution >= 4 is 22.8 Å². The minimum absolute atomic E-state index is 0.146. The van der Waals surface area contributed by atoms with Crippen LogP contribution in [0.3, 0.4) is 0 Å². The number of alkyl halides is 3. The third-order valence-electron chi connectivity index (χ3n) is 7.14. The van der Waals surface area contributed by atoms with Gasteiger partial charge < -0.3 is 25.3 Å². The number of aromatic amines is 1. The van der Waals surface area contributed by atoms with E-state index in [-0.39, 0.29) is 23.1 Å². The molecule has 33 heavy (non-hydrogen) atoms. The van der Waals surface area contributed by atoms with Gasteiger partial charge in [0.05, 0.1) is 18.9 Å². The molecule has 3 N–H and O–H groups in total. The van der Waals surface area contributed by atoms with Crippen molar-refractivity contribution in [2.24, 2.45) is 5.41 Å². The molecule has 174 valence electrons. The Balaban J connectivity index is 1.36. The Hall–Kier alpha value is -2.92. The number of hydrogen-bond acceptors (Lipinski definition) is 7. The lowest BCUT2D eigenvalue weighted by atomic mass is 9.60. The molecule has 8 nitrogen and oxygen atoms in total. The molecule has 0 aromatic carbocycles. The van der Waals surface area contributed by atoms with E-state index in [1.807, 2.05) is 6.07 Å². The number of H-pyrrole nitrogens is 1. The third kappa shape index (κ3) is 3.50. The summed E-state index contributed by atoms with van der Waals surface area (Å²) >= 11 is 0. The normalized spacial score (nSPS) is 22.3. The number of pyridine rings is 1. The van der Waals surface area contributed by atoms with Crippen LogP contribution in [0.2, 0.25) is 0 Å². The molecule has 3 aromatic heterocycles. The van der Waals surface area contributed by atoms with Crippen LogP contribution in [0.5, 0.6) is 0 Å². The van der Waals surface area contributed by atoms with Crippen molar-refractivity contribution < 1.29 is 17.9 Å². The lowest BCUT2D eigenvalue weighted by Crippen LogP contribution is -2.67. The molecule has 0 radical (unpaired) electrons. The van der Waals surface area contributed by atoms with E-state index in [9.17, 15) is 13.2 Å². The fraction of sp³-hybridized carbons (Fsp3) is 0.500. The number of nitrogens with one attached hydrogen (secondary N) is 3. The van der Waals surface area contributed by atoms with Crippen molar-refractivity contribution in [3.05, 3.63) is 30.1 Å². The van der Waals surface area contributed by atoms with Crippen LogP contribution in [-0.2, 0) is 10.9 Å². The fourth-order valence-corrected chi connectivity index (χ4v) is 4.97. The molecular formula is C22H24F3N7O. The molecule has 1 aliphatic carbocycles. The molecule has 5 heterocycles. The SMILES string of the molecule is FC(F)(F)c1cnc(N[C@@H]2CCC23CNC3)nc1-c1c[nH]c2nc(N3CCOCC3)ccc12. The quantitative estimate of drug-likeness (QED) is 0.553. The molecule has 6 rings (SSSR count). The van der Waals surface area contributed by atoms with Gasteiger partial charge in [-0.2, -0.15) is 13.2 Å². The molecule has 1 atom stereocenters. The summed E-state index contributed by atoms with van der Waals surface area (Å²) in [5.41, 5.74) is 0.0468. The Morgan fingerprint density at radius 1 is 1.15 bits per heavy atom. The van der Waals surface area contributed by atoms with Gasteiger partial charge in [-0.3, -0.25) is 0 Å². The zero-order chi connectivity index (χ0) is 22.6. The van der Waals surface area contributed by atoms with Gasteiger partial charge in [0.25, 0.3) is 0 Å². The molecule has 2 aliphatic heterocycles. The van der Waals surface area contributed by atoms with E-state index < -0.39 is 11.7 Å². The molecule has 0 amide bonds. The Kier molecular flexibility index (Phi) is 4.73. The molecule has 3 fully saturated rings. The van der Waals surface area contributed by atoms with Gasteiger partial charge in [-0.05, 0) is 25.0 Å². The zero-order valence-electron chi connectivity index (χ0n) is 17.9. The van der Waals surface area contributed by atoms with Gasteiger partial charge in [-0.25, -0.2) is 15.0 Å². The maximum absolute atomic E-state index is 13.9. The average Bonchev–Trinajstić information content (AvgIpc) is 3.19. The van der Waals surface area contributed by atoms with Gasteiger partial charge in [0.2, 0.25) is 5.95 Å². The van der Waals surface area contributed by atoms with Gasteiger partial charge in [-0.1, -0.05) is 0 Å². The van der Waals surface area contributed by atoms with Gasteiger partial charge >= 0.3 is 6.18 Å². The van der Waals surface area contributed by atoms with Crippen molar-refractivity contribution in [1.29, 1.82) is 0 Å². The summed E-state index contributed by atoms with van der Waals surface area (Å²) in [5, 5.41) is 7.15. The monoisotopic (exact) mass is 459 g/mol. The van der Waals surface area contributed by atoms with E-state index >= 15 is 0 Å². The molecule has 1 saturated carbocycles. The number of anilines is 2. The first kappa shape index (κ1) is 20.7. The molecular weight excluding hydrogens is 435 g/mol. The van der Waals surface area contributed by atoms with Crippen molar-refractivity contribution in [3.63, 3.8) is 0 Å². The van der Waals surface area contributed by atoms with Crippen LogP contribution in [0.1, 0.15) is 18.4 Å². The van der Waals surface area contributed by atoms with Gasteiger partial charge in [-0.15, -0.1) is 0 Å². The van der Waals surface area contributed by atoms with Gasteiger partial charge in [0.15, 0.2) is 0 Å². The van der Waals surface area contributed by atoms with Crippen molar-refractivity contribution in [2.45, 2.75) is 25.1 Å². The van der Waals surface area contributed by atoms with E-state index in [0.717, 1.165) is 51.0 Å². The molecule has 11 heteroatoms. The van der Waals surface area contributed by atoms with E-state index in [2.05, 4.69) is 35.5 Å². The summed E-state index contributed by atoms with van der Waals surface area (Å²) < 4.78 is 46.9. The molecule has 1 spiro atoms. The lowest BCUT2D eigenvalue weighted by molar-refractivity contribution is -0.137. The summed E-state index contributed by atoms with van der Waals surface area (Å²) in [7, 11) is 0. The van der Waals surface area contributed by atoms with Crippen molar-refractivity contribution in [3.8, 4) is 11.3 Å². The number of nitrogens with zero attached hydrogens (tertiary/aromatic N) is 4. The highest BCUT2D eigenvalue weighted by Gasteiger charge is 2.51. The number of hydrogen-bond donors (Lipinski definition) is 3. The van der Waals surface area contributed by atoms with Crippen molar-refractivity contribution in [2.75, 3.05) is 49.6 Å². The second-order valence-corrected chi connectivity index (χ2v) is 9.02. The molecule has 3 aromatic rings. The minimum Gasteiger partial charge on any atom is -0.378 e. The lowest BCUT2D eigenvalue weighted by Gasteiger charge is -2.56. The van der Waals surface area contributed by atoms with Crippen LogP contribution in [0.25, 0.3) is 22.3 Å². The standard InChI is InChI=1S/C22H24F3N7O/c23-22(24,25)15-10-28-20(29-16-3-4-21(16)11-26-12-21)31-18(15)14-9-27-19-13(14)1-2-17(30-19)32-5-7-33-8-6-32/h1-2,9-10,16,26H,3-8,11-12H2,(H,27,30)(H,28,29,31)/t16-/m1/s1. The Labute approximate surface area is 188 Å². The predicted molar refractivity (Wildman–Crippen MR) is 117 cm³/mol. The smallest absolute Gasteiger partial charge is 0.378 e. The van der Waals surface area contributed by atoms with Gasteiger partial charge in [0.1, 0.15) is 17.0 Å². The number of morpholine rings is 1. The van der Waals surface area contributed by atoms with Crippen molar-refractivity contribution in [1.82, 2.24) is 25.3 Å². The molecule has 3 aliphatic rings. The first-order chi connectivity index (χ1) is 15.9. The predicted octanol–water partition coefficient (Wildman–Crippen LogP) is 3.04. The second kappa shape index (κ2) is 7.56. The number of halogens is 3. The molecule has 2 saturated heterocycles. The second-order valence-electron chi connectivity index (χ2n) is 9.02. The average molecular weight is 459 g/mol. The van der Waals surface area contributed by atoms with Crippen LogP contribution in [0.15, 0.2) is 24.5 Å². The third-order valence-corrected chi connectivity index (χ3v) is 7.14. The molecule has 0 unspecified atom stereocenters. The Morgan fingerprint density at radius 2 is 1.97 bits per heavy atom. The number of aromatic nitrogens is 4. The Morgan fingerprint density at radius 3 is 2.64 bits per heavy atom. The minimum atomic E-state index is -4.58. The zero-order valence-corrected chi connectivity index (χ0v) is 17.9. The summed E-state index contributed by atoms with van der Waals surface area (Å²) in [4.78, 5) is 18.1. The van der Waals surface area contributed by atoms with E-state index in [1.54, 1.807) is 12.3 Å². The van der Waals surface area contributed by atoms with E-state index in [4.69, 9.17) is 4.74 Å². The number of rotatable bonds is 4. The molecule has 0 bridgehead atoms. The fourth-order valence-electron chi connectivity index (χ4n) is 4.97. The summed E-state index contributed by atoms with van der Waals surface area (Å²) in [6, 6.07) is 3.80. The number of ether oxygens (including phenoxy) is 1. The topological polar surface area (TPSA) is 91.0 Å². The first-order valence-corrected chi connectivity index (χ1v) is 11.2. The van der Waals surface area contributed by atoms with Crippen LogP contribution in [-0.4, -0.2) is 65.4 Å². The highest BCUT2D eigenvalue weighted by atomic mass is 19.4. The van der Waals surface area contributed by atoms with E-state index in [1.165, 1.54) is 0 Å². The largest absolute Gasteiger partial charge is 0.419 e. The first-order valence-electron chi connectivity index (χ1n) is 11.2.